The van der Waals surface area contributed by atoms with E-state index in [1.54, 1.807) is 0 Å². The Labute approximate surface area is 169 Å². The van der Waals surface area contributed by atoms with Crippen molar-refractivity contribution in [1.82, 2.24) is 9.88 Å². The van der Waals surface area contributed by atoms with E-state index >= 15 is 0 Å². The van der Waals surface area contributed by atoms with Crippen LogP contribution in [0, 0.1) is 0 Å². The van der Waals surface area contributed by atoms with E-state index in [1.165, 1.54) is 19.3 Å². The van der Waals surface area contributed by atoms with Gasteiger partial charge in [-0.2, -0.15) is 4.98 Å². The summed E-state index contributed by atoms with van der Waals surface area (Å²) in [4.78, 5) is 19.2. The highest BCUT2D eigenvalue weighted by atomic mass is 35.5. The molecule has 1 saturated carbocycles. The predicted octanol–water partition coefficient (Wildman–Crippen LogP) is 5.50. The summed E-state index contributed by atoms with van der Waals surface area (Å²) in [5.74, 6) is 0.0465. The monoisotopic (exact) mass is 397 g/mol. The van der Waals surface area contributed by atoms with Gasteiger partial charge >= 0.3 is 0 Å². The number of carbonyl (C=O) groups excluding carboxylic acids is 1. The number of aromatic nitrogens is 1. The van der Waals surface area contributed by atoms with Crippen molar-refractivity contribution in [3.8, 4) is 0 Å². The molecule has 4 rings (SSSR count). The number of hydrogen-bond donors (Lipinski definition) is 1. The summed E-state index contributed by atoms with van der Waals surface area (Å²) in [5, 5.41) is 3.87. The van der Waals surface area contributed by atoms with E-state index in [1.807, 2.05) is 54.4 Å². The molecule has 0 atom stereocenters. The summed E-state index contributed by atoms with van der Waals surface area (Å²) in [5.41, 5.74) is 3.02. The van der Waals surface area contributed by atoms with Crippen LogP contribution in [0.4, 0.5) is 6.01 Å². The molecule has 0 spiro atoms. The van der Waals surface area contributed by atoms with Crippen LogP contribution >= 0.6 is 11.6 Å². The Hall–Kier alpha value is -2.53. The average Bonchev–Trinajstić information content (AvgIpc) is 3.14. The Morgan fingerprint density at radius 2 is 2.04 bits per heavy atom. The van der Waals surface area contributed by atoms with E-state index in [-0.39, 0.29) is 5.91 Å². The summed E-state index contributed by atoms with van der Waals surface area (Å²) in [6.45, 7) is 0.559. The Bertz CT molecular complexity index is 979. The van der Waals surface area contributed by atoms with Crippen LogP contribution in [0.3, 0.4) is 0 Å². The Kier molecular flexibility index (Phi) is 5.53. The second kappa shape index (κ2) is 8.23. The van der Waals surface area contributed by atoms with Crippen LogP contribution in [-0.4, -0.2) is 28.9 Å². The number of oxazole rings is 1. The lowest BCUT2D eigenvalue weighted by atomic mass is 9.94. The number of rotatable bonds is 5. The molecule has 0 aliphatic heterocycles. The maximum Gasteiger partial charge on any atom is 0.295 e. The molecule has 1 N–H and O–H groups in total. The van der Waals surface area contributed by atoms with Gasteiger partial charge in [0.2, 0.25) is 0 Å². The highest BCUT2D eigenvalue weighted by molar-refractivity contribution is 6.30. The first-order valence-corrected chi connectivity index (χ1v) is 10.1. The normalized spacial score (nSPS) is 14.9. The molecule has 0 saturated heterocycles. The number of benzene rings is 2. The maximum atomic E-state index is 12.9. The van der Waals surface area contributed by atoms with E-state index < -0.39 is 0 Å². The SMILES string of the molecule is CN(C(=O)c1ccc2oc(NCc3cccc(Cl)c3)nc2c1)C1CCCCC1. The first-order chi connectivity index (χ1) is 13.6. The lowest BCUT2D eigenvalue weighted by Crippen LogP contribution is -2.38. The summed E-state index contributed by atoms with van der Waals surface area (Å²) in [6.07, 6.45) is 5.85. The van der Waals surface area contributed by atoms with Crippen LogP contribution in [0.1, 0.15) is 48.0 Å². The zero-order chi connectivity index (χ0) is 19.5. The van der Waals surface area contributed by atoms with Crippen LogP contribution in [-0.2, 0) is 6.54 Å². The first-order valence-electron chi connectivity index (χ1n) is 9.76. The second-order valence-electron chi connectivity index (χ2n) is 7.39. The molecule has 1 aliphatic rings. The van der Waals surface area contributed by atoms with Gasteiger partial charge in [-0.1, -0.05) is 43.0 Å². The fourth-order valence-electron chi connectivity index (χ4n) is 3.80. The third kappa shape index (κ3) is 4.14. The van der Waals surface area contributed by atoms with Gasteiger partial charge in [0.1, 0.15) is 5.52 Å². The largest absolute Gasteiger partial charge is 0.424 e. The fourth-order valence-corrected chi connectivity index (χ4v) is 4.01. The summed E-state index contributed by atoms with van der Waals surface area (Å²) in [7, 11) is 1.91. The van der Waals surface area contributed by atoms with Gasteiger partial charge in [-0.15, -0.1) is 0 Å². The van der Waals surface area contributed by atoms with Crippen molar-refractivity contribution in [2.75, 3.05) is 12.4 Å². The molecule has 1 amide bonds. The molecule has 3 aromatic rings. The average molecular weight is 398 g/mol. The number of anilines is 1. The van der Waals surface area contributed by atoms with Crippen LogP contribution < -0.4 is 5.32 Å². The van der Waals surface area contributed by atoms with Crippen molar-refractivity contribution in [1.29, 1.82) is 0 Å². The first kappa shape index (κ1) is 18.8. The van der Waals surface area contributed by atoms with Crippen molar-refractivity contribution in [3.63, 3.8) is 0 Å². The van der Waals surface area contributed by atoms with Gasteiger partial charge in [-0.05, 0) is 48.7 Å². The quantitative estimate of drug-likeness (QED) is 0.617. The standard InChI is InChI=1S/C22H24ClN3O2/c1-26(18-8-3-2-4-9-18)21(27)16-10-11-20-19(13-16)25-22(28-20)24-14-15-6-5-7-17(23)12-15/h5-7,10-13,18H,2-4,8-9,14H2,1H3,(H,24,25). The van der Waals surface area contributed by atoms with Gasteiger partial charge in [0.15, 0.2) is 5.58 Å². The molecule has 5 nitrogen and oxygen atoms in total. The zero-order valence-corrected chi connectivity index (χ0v) is 16.7. The minimum atomic E-state index is 0.0465. The predicted molar refractivity (Wildman–Crippen MR) is 112 cm³/mol. The van der Waals surface area contributed by atoms with Crippen molar-refractivity contribution in [2.24, 2.45) is 0 Å². The zero-order valence-electron chi connectivity index (χ0n) is 16.0. The van der Waals surface area contributed by atoms with Crippen molar-refractivity contribution in [2.45, 2.75) is 44.7 Å². The molecular formula is C22H24ClN3O2. The minimum absolute atomic E-state index is 0.0465. The molecule has 1 fully saturated rings. The summed E-state index contributed by atoms with van der Waals surface area (Å²) in [6, 6.07) is 13.8. The third-order valence-corrected chi connectivity index (χ3v) is 5.65. The van der Waals surface area contributed by atoms with Gasteiger partial charge in [0, 0.05) is 30.2 Å². The van der Waals surface area contributed by atoms with E-state index in [0.717, 1.165) is 18.4 Å². The van der Waals surface area contributed by atoms with E-state index in [2.05, 4.69) is 10.3 Å². The van der Waals surface area contributed by atoms with Crippen molar-refractivity contribution < 1.29 is 9.21 Å². The van der Waals surface area contributed by atoms with E-state index in [9.17, 15) is 4.79 Å². The van der Waals surface area contributed by atoms with Gasteiger partial charge in [-0.3, -0.25) is 4.79 Å². The topological polar surface area (TPSA) is 58.4 Å². The molecule has 6 heteroatoms. The van der Waals surface area contributed by atoms with Crippen LogP contribution in [0.5, 0.6) is 0 Å². The Morgan fingerprint density at radius 3 is 2.82 bits per heavy atom. The van der Waals surface area contributed by atoms with Gasteiger partial charge in [0.05, 0.1) is 0 Å². The number of carbonyl (C=O) groups is 1. The van der Waals surface area contributed by atoms with Gasteiger partial charge in [-0.25, -0.2) is 0 Å². The fraction of sp³-hybridized carbons (Fsp3) is 0.364. The number of nitrogens with one attached hydrogen (secondary N) is 1. The number of halogens is 1. The van der Waals surface area contributed by atoms with E-state index in [0.29, 0.717) is 40.3 Å². The van der Waals surface area contributed by atoms with E-state index in [4.69, 9.17) is 16.0 Å². The lowest BCUT2D eigenvalue weighted by Gasteiger charge is -2.31. The molecule has 0 unspecified atom stereocenters. The third-order valence-electron chi connectivity index (χ3n) is 5.41. The van der Waals surface area contributed by atoms with Gasteiger partial charge in [0.25, 0.3) is 11.9 Å². The summed E-state index contributed by atoms with van der Waals surface area (Å²) < 4.78 is 5.75. The number of amides is 1. The number of nitrogens with zero attached hydrogens (tertiary/aromatic N) is 2. The van der Waals surface area contributed by atoms with Crippen molar-refractivity contribution in [3.05, 3.63) is 58.6 Å². The second-order valence-corrected chi connectivity index (χ2v) is 7.83. The lowest BCUT2D eigenvalue weighted by molar-refractivity contribution is 0.0696. The molecule has 1 aliphatic carbocycles. The highest BCUT2D eigenvalue weighted by Gasteiger charge is 2.23. The molecule has 1 heterocycles. The number of hydrogen-bond acceptors (Lipinski definition) is 4. The molecule has 2 aromatic carbocycles. The Balaban J connectivity index is 1.47. The maximum absolute atomic E-state index is 12.9. The molecular weight excluding hydrogens is 374 g/mol. The van der Waals surface area contributed by atoms with Gasteiger partial charge < -0.3 is 14.6 Å². The number of fused-ring (bicyclic) bond motifs is 1. The van der Waals surface area contributed by atoms with Crippen LogP contribution in [0.2, 0.25) is 5.02 Å². The molecule has 0 bridgehead atoms. The van der Waals surface area contributed by atoms with Crippen molar-refractivity contribution >= 4 is 34.6 Å². The van der Waals surface area contributed by atoms with Crippen LogP contribution in [0.25, 0.3) is 11.1 Å². The molecule has 0 radical (unpaired) electrons. The smallest absolute Gasteiger partial charge is 0.295 e. The molecule has 1 aromatic heterocycles. The van der Waals surface area contributed by atoms with Crippen LogP contribution in [0.15, 0.2) is 46.9 Å². The minimum Gasteiger partial charge on any atom is -0.424 e. The molecule has 28 heavy (non-hydrogen) atoms. The Morgan fingerprint density at radius 1 is 1.21 bits per heavy atom. The molecule has 146 valence electrons. The summed E-state index contributed by atoms with van der Waals surface area (Å²) >= 11 is 6.02. The highest BCUT2D eigenvalue weighted by Crippen LogP contribution is 2.25.